The van der Waals surface area contributed by atoms with Gasteiger partial charge in [-0.1, -0.05) is 11.6 Å². The van der Waals surface area contributed by atoms with E-state index in [0.717, 1.165) is 11.0 Å². The van der Waals surface area contributed by atoms with Gasteiger partial charge in [-0.05, 0) is 32.0 Å². The van der Waals surface area contributed by atoms with Crippen LogP contribution in [0.4, 0.5) is 0 Å². The van der Waals surface area contributed by atoms with Crippen LogP contribution >= 0.6 is 11.6 Å². The van der Waals surface area contributed by atoms with E-state index in [9.17, 15) is 4.79 Å². The third-order valence-electron chi connectivity index (χ3n) is 3.70. The summed E-state index contributed by atoms with van der Waals surface area (Å²) in [7, 11) is 3.19. The largest absolute Gasteiger partial charge is 0.481 e. The number of imidazole rings is 1. The van der Waals surface area contributed by atoms with Crippen molar-refractivity contribution in [2.45, 2.75) is 20.0 Å². The van der Waals surface area contributed by atoms with E-state index in [1.165, 1.54) is 11.8 Å². The standard InChI is InChI=1S/C16H17ClN4O3/c1-8-13(15(23-4)21(3)20-8)16(22)24-9(2)14-18-11-6-5-10(17)7-12(11)19-14/h5-7,9H,1-4H3,(H,18,19)/t9-/m1/s1. The molecular formula is C16H17ClN4O3. The second-order valence-electron chi connectivity index (χ2n) is 5.42. The summed E-state index contributed by atoms with van der Waals surface area (Å²) >= 11 is 5.97. The number of fused-ring (bicyclic) bond motifs is 1. The highest BCUT2D eigenvalue weighted by atomic mass is 35.5. The van der Waals surface area contributed by atoms with Crippen molar-refractivity contribution >= 4 is 28.6 Å². The van der Waals surface area contributed by atoms with Gasteiger partial charge in [-0.15, -0.1) is 0 Å². The van der Waals surface area contributed by atoms with Crippen molar-refractivity contribution < 1.29 is 14.3 Å². The first-order valence-corrected chi connectivity index (χ1v) is 7.72. The number of benzene rings is 1. The zero-order valence-electron chi connectivity index (χ0n) is 13.8. The lowest BCUT2D eigenvalue weighted by molar-refractivity contribution is 0.0317. The van der Waals surface area contributed by atoms with Crippen LogP contribution in [0.2, 0.25) is 5.02 Å². The van der Waals surface area contributed by atoms with Crippen LogP contribution in [-0.2, 0) is 11.8 Å². The molecular weight excluding hydrogens is 332 g/mol. The maximum Gasteiger partial charge on any atom is 0.346 e. The number of aromatic nitrogens is 4. The average molecular weight is 349 g/mol. The maximum atomic E-state index is 12.5. The Morgan fingerprint density at radius 2 is 2.17 bits per heavy atom. The fraction of sp³-hybridized carbons (Fsp3) is 0.312. The number of carbonyl (C=O) groups excluding carboxylic acids is 1. The van der Waals surface area contributed by atoms with Crippen molar-refractivity contribution in [1.29, 1.82) is 0 Å². The average Bonchev–Trinajstić information content (AvgIpc) is 3.06. The van der Waals surface area contributed by atoms with E-state index in [1.807, 2.05) is 0 Å². The predicted octanol–water partition coefficient (Wildman–Crippen LogP) is 3.18. The lowest BCUT2D eigenvalue weighted by Crippen LogP contribution is -2.12. The molecule has 0 aliphatic carbocycles. The Morgan fingerprint density at radius 3 is 2.88 bits per heavy atom. The van der Waals surface area contributed by atoms with Gasteiger partial charge in [-0.25, -0.2) is 14.5 Å². The van der Waals surface area contributed by atoms with Gasteiger partial charge in [0, 0.05) is 12.1 Å². The molecule has 8 heteroatoms. The van der Waals surface area contributed by atoms with Crippen LogP contribution < -0.4 is 4.74 Å². The van der Waals surface area contributed by atoms with Crippen LogP contribution in [-0.4, -0.2) is 32.8 Å². The number of ether oxygens (including phenoxy) is 2. The highest BCUT2D eigenvalue weighted by molar-refractivity contribution is 6.31. The van der Waals surface area contributed by atoms with Gasteiger partial charge in [0.15, 0.2) is 6.10 Å². The normalized spacial score (nSPS) is 12.4. The molecule has 24 heavy (non-hydrogen) atoms. The van der Waals surface area contributed by atoms with Crippen molar-refractivity contribution in [3.05, 3.63) is 40.3 Å². The quantitative estimate of drug-likeness (QED) is 0.732. The van der Waals surface area contributed by atoms with E-state index in [2.05, 4.69) is 15.1 Å². The molecule has 126 valence electrons. The summed E-state index contributed by atoms with van der Waals surface area (Å²) in [6, 6.07) is 5.34. The van der Waals surface area contributed by atoms with E-state index < -0.39 is 12.1 Å². The van der Waals surface area contributed by atoms with Crippen LogP contribution in [0.5, 0.6) is 5.88 Å². The number of nitrogens with one attached hydrogen (secondary N) is 1. The highest BCUT2D eigenvalue weighted by Crippen LogP contribution is 2.26. The Hall–Kier alpha value is -2.54. The molecule has 0 amide bonds. The summed E-state index contributed by atoms with van der Waals surface area (Å²) in [5.74, 6) is 0.394. The molecule has 0 fully saturated rings. The molecule has 0 unspecified atom stereocenters. The van der Waals surface area contributed by atoms with E-state index in [4.69, 9.17) is 21.1 Å². The number of aryl methyl sites for hydroxylation is 2. The third kappa shape index (κ3) is 2.82. The first-order chi connectivity index (χ1) is 11.4. The Labute approximate surface area is 143 Å². The van der Waals surface area contributed by atoms with Gasteiger partial charge in [0.25, 0.3) is 0 Å². The monoisotopic (exact) mass is 348 g/mol. The number of H-pyrrole nitrogens is 1. The van der Waals surface area contributed by atoms with Gasteiger partial charge in [-0.2, -0.15) is 5.10 Å². The molecule has 1 N–H and O–H groups in total. The molecule has 3 rings (SSSR count). The van der Waals surface area contributed by atoms with Crippen LogP contribution in [0.15, 0.2) is 18.2 Å². The summed E-state index contributed by atoms with van der Waals surface area (Å²) in [6.07, 6.45) is -0.562. The van der Waals surface area contributed by atoms with Crippen molar-refractivity contribution in [3.63, 3.8) is 0 Å². The Morgan fingerprint density at radius 1 is 1.42 bits per heavy atom. The van der Waals surface area contributed by atoms with Gasteiger partial charge >= 0.3 is 5.97 Å². The molecule has 0 aliphatic rings. The second kappa shape index (κ2) is 6.16. The first-order valence-electron chi connectivity index (χ1n) is 7.34. The molecule has 2 aromatic heterocycles. The molecule has 0 aliphatic heterocycles. The molecule has 3 aromatic rings. The zero-order chi connectivity index (χ0) is 17.4. The third-order valence-corrected chi connectivity index (χ3v) is 3.93. The van der Waals surface area contributed by atoms with Gasteiger partial charge < -0.3 is 14.5 Å². The Bertz CT molecular complexity index is 916. The lowest BCUT2D eigenvalue weighted by atomic mass is 10.2. The van der Waals surface area contributed by atoms with Gasteiger partial charge in [0.05, 0.1) is 23.8 Å². The van der Waals surface area contributed by atoms with Crippen LogP contribution in [0.1, 0.15) is 34.9 Å². The first kappa shape index (κ1) is 16.3. The molecule has 1 atom stereocenters. The minimum atomic E-state index is -0.562. The topological polar surface area (TPSA) is 82.0 Å². The van der Waals surface area contributed by atoms with Crippen molar-refractivity contribution in [2.24, 2.45) is 7.05 Å². The smallest absolute Gasteiger partial charge is 0.346 e. The fourth-order valence-corrected chi connectivity index (χ4v) is 2.75. The molecule has 0 radical (unpaired) electrons. The number of rotatable bonds is 4. The molecule has 2 heterocycles. The molecule has 0 bridgehead atoms. The number of aromatic amines is 1. The van der Waals surface area contributed by atoms with E-state index in [1.54, 1.807) is 39.1 Å². The SMILES string of the molecule is COc1c(C(=O)O[C@H](C)c2nc3ccc(Cl)cc3[nH]2)c(C)nn1C. The molecule has 1 aromatic carbocycles. The molecule has 0 saturated heterocycles. The van der Waals surface area contributed by atoms with E-state index >= 15 is 0 Å². The summed E-state index contributed by atoms with van der Waals surface area (Å²) in [5.41, 5.74) is 2.40. The van der Waals surface area contributed by atoms with Crippen LogP contribution in [0, 0.1) is 6.92 Å². The number of nitrogens with zero attached hydrogens (tertiary/aromatic N) is 3. The van der Waals surface area contributed by atoms with Crippen molar-refractivity contribution in [1.82, 2.24) is 19.7 Å². The molecule has 7 nitrogen and oxygen atoms in total. The van der Waals surface area contributed by atoms with Gasteiger partial charge in [0.1, 0.15) is 11.4 Å². The summed E-state index contributed by atoms with van der Waals surface area (Å²) in [4.78, 5) is 20.0. The summed E-state index contributed by atoms with van der Waals surface area (Å²) in [6.45, 7) is 3.47. The summed E-state index contributed by atoms with van der Waals surface area (Å²) < 4.78 is 12.2. The minimum absolute atomic E-state index is 0.311. The van der Waals surface area contributed by atoms with Crippen molar-refractivity contribution in [2.75, 3.05) is 7.11 Å². The fourth-order valence-electron chi connectivity index (χ4n) is 2.58. The number of carbonyl (C=O) groups is 1. The lowest BCUT2D eigenvalue weighted by Gasteiger charge is -2.11. The number of hydrogen-bond donors (Lipinski definition) is 1. The van der Waals surface area contributed by atoms with E-state index in [0.29, 0.717) is 28.0 Å². The minimum Gasteiger partial charge on any atom is -0.481 e. The summed E-state index contributed by atoms with van der Waals surface area (Å²) in [5, 5.41) is 4.79. The number of methoxy groups -OCH3 is 1. The van der Waals surface area contributed by atoms with E-state index in [-0.39, 0.29) is 0 Å². The van der Waals surface area contributed by atoms with Crippen molar-refractivity contribution in [3.8, 4) is 5.88 Å². The number of hydrogen-bond acceptors (Lipinski definition) is 5. The highest BCUT2D eigenvalue weighted by Gasteiger charge is 2.25. The zero-order valence-corrected chi connectivity index (χ0v) is 14.5. The molecule has 0 saturated carbocycles. The Kier molecular flexibility index (Phi) is 4.19. The van der Waals surface area contributed by atoms with Crippen LogP contribution in [0.3, 0.4) is 0 Å². The molecule has 0 spiro atoms. The predicted molar refractivity (Wildman–Crippen MR) is 89.4 cm³/mol. The maximum absolute atomic E-state index is 12.5. The Balaban J connectivity index is 1.85. The van der Waals surface area contributed by atoms with Crippen LogP contribution in [0.25, 0.3) is 11.0 Å². The van der Waals surface area contributed by atoms with Gasteiger partial charge in [-0.3, -0.25) is 0 Å². The second-order valence-corrected chi connectivity index (χ2v) is 5.86. The van der Waals surface area contributed by atoms with Gasteiger partial charge in [0.2, 0.25) is 5.88 Å². The number of halogens is 1. The number of esters is 1.